The van der Waals surface area contributed by atoms with Gasteiger partial charge in [0.25, 0.3) is 0 Å². The van der Waals surface area contributed by atoms with E-state index in [1.807, 2.05) is 19.1 Å². The van der Waals surface area contributed by atoms with Gasteiger partial charge in [0.05, 0.1) is 0 Å². The first-order valence-corrected chi connectivity index (χ1v) is 11.4. The van der Waals surface area contributed by atoms with Crippen molar-refractivity contribution in [2.45, 2.75) is 44.3 Å². The molecule has 0 bridgehead atoms. The minimum absolute atomic E-state index is 0.222. The van der Waals surface area contributed by atoms with Gasteiger partial charge < -0.3 is 4.74 Å². The summed E-state index contributed by atoms with van der Waals surface area (Å²) < 4.78 is 8.33. The molecule has 0 N–H and O–H groups in total. The predicted octanol–water partition coefficient (Wildman–Crippen LogP) is 6.67. The Bertz CT molecular complexity index is 1210. The van der Waals surface area contributed by atoms with Gasteiger partial charge in [0.1, 0.15) is 5.75 Å². The molecule has 0 amide bonds. The van der Waals surface area contributed by atoms with E-state index in [-0.39, 0.29) is 6.10 Å². The molecule has 0 aliphatic carbocycles. The van der Waals surface area contributed by atoms with E-state index < -0.39 is 0 Å². The second-order valence-corrected chi connectivity index (χ2v) is 8.64. The minimum Gasteiger partial charge on any atom is -0.482 e. The molecule has 0 aliphatic heterocycles. The molecule has 0 spiro atoms. The van der Waals surface area contributed by atoms with Crippen molar-refractivity contribution in [2.75, 3.05) is 0 Å². The maximum atomic E-state index is 6.24. The Morgan fingerprint density at radius 3 is 2.68 bits per heavy atom. The monoisotopic (exact) mass is 429 g/mol. The number of fused-ring (bicyclic) bond motifs is 1. The van der Waals surface area contributed by atoms with Crippen LogP contribution < -0.4 is 4.74 Å². The molecule has 4 nitrogen and oxygen atoms in total. The zero-order valence-corrected chi connectivity index (χ0v) is 19.0. The van der Waals surface area contributed by atoms with Crippen LogP contribution in [0.5, 0.6) is 5.75 Å². The molecule has 1 heterocycles. The topological polar surface area (TPSA) is 39.9 Å². The lowest BCUT2D eigenvalue weighted by molar-refractivity contribution is 0.209. The van der Waals surface area contributed by atoms with Gasteiger partial charge in [0.15, 0.2) is 17.1 Å². The number of thioether (sulfide) groups is 1. The zero-order chi connectivity index (χ0) is 21.8. The molecule has 158 valence electrons. The van der Waals surface area contributed by atoms with Crippen LogP contribution in [0.1, 0.15) is 35.5 Å². The standard InChI is InChI=1S/C26H27N3OS/c1-5-15-29-25(20(4)30-24-14-13-18(2)16-19(24)3)27-28-26(29)31-17-22-11-8-10-21-9-6-7-12-23(21)22/h5-14,16,20H,1,15,17H2,2-4H3. The Morgan fingerprint density at radius 2 is 1.87 bits per heavy atom. The van der Waals surface area contributed by atoms with E-state index >= 15 is 0 Å². The number of hydrogen-bond donors (Lipinski definition) is 0. The molecule has 1 aromatic heterocycles. The summed E-state index contributed by atoms with van der Waals surface area (Å²) in [6, 6.07) is 21.1. The summed E-state index contributed by atoms with van der Waals surface area (Å²) in [6.07, 6.45) is 1.65. The summed E-state index contributed by atoms with van der Waals surface area (Å²) in [5.74, 6) is 2.50. The van der Waals surface area contributed by atoms with Gasteiger partial charge >= 0.3 is 0 Å². The van der Waals surface area contributed by atoms with E-state index in [0.717, 1.165) is 28.0 Å². The van der Waals surface area contributed by atoms with Crippen molar-refractivity contribution in [2.24, 2.45) is 0 Å². The number of nitrogens with zero attached hydrogens (tertiary/aromatic N) is 3. The van der Waals surface area contributed by atoms with E-state index in [9.17, 15) is 0 Å². The van der Waals surface area contributed by atoms with Gasteiger partial charge in [-0.3, -0.25) is 4.57 Å². The van der Waals surface area contributed by atoms with Gasteiger partial charge in [-0.25, -0.2) is 0 Å². The molecule has 0 aliphatic rings. The first-order valence-electron chi connectivity index (χ1n) is 10.4. The number of ether oxygens (including phenoxy) is 1. The van der Waals surface area contributed by atoms with E-state index in [1.165, 1.54) is 21.9 Å². The van der Waals surface area contributed by atoms with Crippen molar-refractivity contribution < 1.29 is 4.74 Å². The van der Waals surface area contributed by atoms with Crippen molar-refractivity contribution in [1.82, 2.24) is 14.8 Å². The highest BCUT2D eigenvalue weighted by molar-refractivity contribution is 7.98. The van der Waals surface area contributed by atoms with Crippen molar-refractivity contribution in [3.8, 4) is 5.75 Å². The third-order valence-electron chi connectivity index (χ3n) is 5.29. The van der Waals surface area contributed by atoms with E-state index in [1.54, 1.807) is 11.8 Å². The maximum absolute atomic E-state index is 6.24. The molecule has 5 heteroatoms. The number of benzene rings is 3. The molecule has 31 heavy (non-hydrogen) atoms. The molecule has 0 saturated carbocycles. The van der Waals surface area contributed by atoms with Crippen LogP contribution in [0.4, 0.5) is 0 Å². The first kappa shape index (κ1) is 21.2. The third-order valence-corrected chi connectivity index (χ3v) is 6.31. The fourth-order valence-electron chi connectivity index (χ4n) is 3.74. The molecule has 4 aromatic rings. The Hall–Kier alpha value is -3.05. The second kappa shape index (κ2) is 9.40. The van der Waals surface area contributed by atoms with Gasteiger partial charge in [0.2, 0.25) is 0 Å². The second-order valence-electron chi connectivity index (χ2n) is 7.70. The largest absolute Gasteiger partial charge is 0.482 e. The SMILES string of the molecule is C=CCn1c(SCc2cccc3ccccc23)nnc1C(C)Oc1ccc(C)cc1C. The number of hydrogen-bond acceptors (Lipinski definition) is 4. The third kappa shape index (κ3) is 4.67. The summed E-state index contributed by atoms with van der Waals surface area (Å²) in [6.45, 7) is 10.7. The minimum atomic E-state index is -0.222. The summed E-state index contributed by atoms with van der Waals surface area (Å²) in [5, 5.41) is 12.4. The van der Waals surface area contributed by atoms with Crippen molar-refractivity contribution in [3.63, 3.8) is 0 Å². The molecule has 1 unspecified atom stereocenters. The normalized spacial score (nSPS) is 12.1. The van der Waals surface area contributed by atoms with Crippen LogP contribution in [-0.4, -0.2) is 14.8 Å². The molecule has 4 rings (SSSR count). The first-order chi connectivity index (χ1) is 15.1. The molecule has 0 radical (unpaired) electrons. The Balaban J connectivity index is 1.56. The van der Waals surface area contributed by atoms with E-state index in [4.69, 9.17) is 4.74 Å². The maximum Gasteiger partial charge on any atom is 0.191 e. The molecule has 0 fully saturated rings. The van der Waals surface area contributed by atoms with Crippen molar-refractivity contribution >= 4 is 22.5 Å². The van der Waals surface area contributed by atoms with Crippen LogP contribution in [0.2, 0.25) is 0 Å². The van der Waals surface area contributed by atoms with Crippen LogP contribution in [0.3, 0.4) is 0 Å². The lowest BCUT2D eigenvalue weighted by Gasteiger charge is -2.17. The van der Waals surface area contributed by atoms with Gasteiger partial charge in [-0.15, -0.1) is 16.8 Å². The lowest BCUT2D eigenvalue weighted by atomic mass is 10.1. The quantitative estimate of drug-likeness (QED) is 0.232. The summed E-state index contributed by atoms with van der Waals surface area (Å²) in [5.41, 5.74) is 3.63. The molecular weight excluding hydrogens is 402 g/mol. The molecule has 0 saturated heterocycles. The van der Waals surface area contributed by atoms with Crippen LogP contribution in [-0.2, 0) is 12.3 Å². The summed E-state index contributed by atoms with van der Waals surface area (Å²) in [4.78, 5) is 0. The fraction of sp³-hybridized carbons (Fsp3) is 0.231. The van der Waals surface area contributed by atoms with E-state index in [2.05, 4.69) is 89.8 Å². The highest BCUT2D eigenvalue weighted by Gasteiger charge is 2.20. The van der Waals surface area contributed by atoms with E-state index in [0.29, 0.717) is 6.54 Å². The lowest BCUT2D eigenvalue weighted by Crippen LogP contribution is -2.12. The Morgan fingerprint density at radius 1 is 1.06 bits per heavy atom. The van der Waals surface area contributed by atoms with Crippen LogP contribution >= 0.6 is 11.8 Å². The van der Waals surface area contributed by atoms with Gasteiger partial charge in [-0.05, 0) is 48.7 Å². The van der Waals surface area contributed by atoms with Crippen molar-refractivity contribution in [3.05, 3.63) is 95.8 Å². The Labute approximate surface area is 188 Å². The van der Waals surface area contributed by atoms with Crippen LogP contribution in [0, 0.1) is 13.8 Å². The number of aromatic nitrogens is 3. The summed E-state index contributed by atoms with van der Waals surface area (Å²) >= 11 is 1.69. The molecule has 3 aromatic carbocycles. The average Bonchev–Trinajstić information content (AvgIpc) is 3.17. The number of rotatable bonds is 8. The zero-order valence-electron chi connectivity index (χ0n) is 18.2. The van der Waals surface area contributed by atoms with Gasteiger partial charge in [-0.2, -0.15) is 0 Å². The Kier molecular flexibility index (Phi) is 6.42. The van der Waals surface area contributed by atoms with Crippen LogP contribution in [0.25, 0.3) is 10.8 Å². The predicted molar refractivity (Wildman–Crippen MR) is 129 cm³/mol. The molecule has 1 atom stereocenters. The highest BCUT2D eigenvalue weighted by atomic mass is 32.2. The highest BCUT2D eigenvalue weighted by Crippen LogP contribution is 2.30. The van der Waals surface area contributed by atoms with Crippen molar-refractivity contribution in [1.29, 1.82) is 0 Å². The van der Waals surface area contributed by atoms with Gasteiger partial charge in [-0.1, -0.05) is 78.0 Å². The summed E-state index contributed by atoms with van der Waals surface area (Å²) in [7, 11) is 0. The number of aryl methyl sites for hydroxylation is 2. The van der Waals surface area contributed by atoms with Crippen LogP contribution in [0.15, 0.2) is 78.5 Å². The average molecular weight is 430 g/mol. The fourth-order valence-corrected chi connectivity index (χ4v) is 4.70. The number of allylic oxidation sites excluding steroid dienone is 1. The van der Waals surface area contributed by atoms with Gasteiger partial charge in [0, 0.05) is 12.3 Å². The smallest absolute Gasteiger partial charge is 0.191 e. The molecular formula is C26H27N3OS.